The van der Waals surface area contributed by atoms with Crippen molar-refractivity contribution in [3.8, 4) is 0 Å². The van der Waals surface area contributed by atoms with Gasteiger partial charge in [0.1, 0.15) is 0 Å². The highest BCUT2D eigenvalue weighted by Gasteiger charge is 2.27. The van der Waals surface area contributed by atoms with Gasteiger partial charge in [0, 0.05) is 18.3 Å². The van der Waals surface area contributed by atoms with Crippen LogP contribution in [0.2, 0.25) is 0 Å². The van der Waals surface area contributed by atoms with Gasteiger partial charge in [0.05, 0.1) is 0 Å². The van der Waals surface area contributed by atoms with Crippen molar-refractivity contribution in [3.63, 3.8) is 0 Å². The van der Waals surface area contributed by atoms with Crippen LogP contribution >= 0.6 is 11.8 Å². The average Bonchev–Trinajstić information content (AvgIpc) is 2.71. The smallest absolute Gasteiger partial charge is 0.0194 e. The molecule has 2 aliphatic heterocycles. The zero-order valence-corrected chi connectivity index (χ0v) is 9.77. The number of nitrogens with zero attached hydrogens (tertiary/aromatic N) is 1. The van der Waals surface area contributed by atoms with Crippen LogP contribution in [-0.4, -0.2) is 42.1 Å². The van der Waals surface area contributed by atoms with Gasteiger partial charge < -0.3 is 5.73 Å². The fourth-order valence-corrected chi connectivity index (χ4v) is 3.97. The minimum absolute atomic E-state index is 0.873. The highest BCUT2D eigenvalue weighted by molar-refractivity contribution is 7.99. The van der Waals surface area contributed by atoms with E-state index in [2.05, 4.69) is 16.7 Å². The first kappa shape index (κ1) is 10.8. The molecule has 0 bridgehead atoms. The van der Waals surface area contributed by atoms with E-state index in [4.69, 9.17) is 5.73 Å². The van der Waals surface area contributed by atoms with Gasteiger partial charge in [-0.1, -0.05) is 0 Å². The Morgan fingerprint density at radius 1 is 1.36 bits per heavy atom. The quantitative estimate of drug-likeness (QED) is 0.773. The number of hydrogen-bond acceptors (Lipinski definition) is 3. The first-order valence-electron chi connectivity index (χ1n) is 5.92. The van der Waals surface area contributed by atoms with Crippen molar-refractivity contribution in [1.82, 2.24) is 4.90 Å². The van der Waals surface area contributed by atoms with Gasteiger partial charge >= 0.3 is 0 Å². The summed E-state index contributed by atoms with van der Waals surface area (Å²) in [6.07, 6.45) is 5.45. The molecule has 0 aromatic rings. The lowest BCUT2D eigenvalue weighted by atomic mass is 9.93. The second-order valence-electron chi connectivity index (χ2n) is 4.60. The van der Waals surface area contributed by atoms with Crippen LogP contribution in [0.5, 0.6) is 0 Å². The molecule has 82 valence electrons. The standard InChI is InChI=1S/C11H22N2S/c12-5-3-10-2-1-6-13(8-10)11-4-7-14-9-11/h10-11H,1-9,12H2. The summed E-state index contributed by atoms with van der Waals surface area (Å²) >= 11 is 2.12. The van der Waals surface area contributed by atoms with E-state index in [9.17, 15) is 0 Å². The molecule has 0 aromatic heterocycles. The van der Waals surface area contributed by atoms with E-state index in [1.165, 1.54) is 50.3 Å². The summed E-state index contributed by atoms with van der Waals surface area (Å²) in [6, 6.07) is 0.889. The zero-order chi connectivity index (χ0) is 9.80. The number of hydrogen-bond donors (Lipinski definition) is 1. The lowest BCUT2D eigenvalue weighted by Crippen LogP contribution is -2.43. The van der Waals surface area contributed by atoms with Crippen LogP contribution in [0.1, 0.15) is 25.7 Å². The van der Waals surface area contributed by atoms with Gasteiger partial charge in [0.2, 0.25) is 0 Å². The topological polar surface area (TPSA) is 29.3 Å². The normalized spacial score (nSPS) is 34.9. The number of thioether (sulfide) groups is 1. The minimum atomic E-state index is 0.873. The van der Waals surface area contributed by atoms with E-state index in [1.54, 1.807) is 0 Å². The van der Waals surface area contributed by atoms with Gasteiger partial charge in [-0.3, -0.25) is 4.90 Å². The summed E-state index contributed by atoms with van der Waals surface area (Å²) in [7, 11) is 0. The van der Waals surface area contributed by atoms with E-state index in [-0.39, 0.29) is 0 Å². The van der Waals surface area contributed by atoms with Crippen molar-refractivity contribution in [2.24, 2.45) is 11.7 Å². The number of nitrogens with two attached hydrogens (primary N) is 1. The van der Waals surface area contributed by atoms with Crippen molar-refractivity contribution < 1.29 is 0 Å². The molecule has 2 aliphatic rings. The molecule has 0 spiro atoms. The van der Waals surface area contributed by atoms with Crippen LogP contribution in [0.25, 0.3) is 0 Å². The van der Waals surface area contributed by atoms with Crippen LogP contribution < -0.4 is 5.73 Å². The van der Waals surface area contributed by atoms with Crippen molar-refractivity contribution >= 4 is 11.8 Å². The maximum absolute atomic E-state index is 5.64. The Balaban J connectivity index is 1.80. The first-order valence-corrected chi connectivity index (χ1v) is 7.07. The second kappa shape index (κ2) is 5.38. The third-order valence-electron chi connectivity index (χ3n) is 3.55. The van der Waals surface area contributed by atoms with E-state index >= 15 is 0 Å². The van der Waals surface area contributed by atoms with E-state index < -0.39 is 0 Å². The van der Waals surface area contributed by atoms with Crippen molar-refractivity contribution in [2.45, 2.75) is 31.7 Å². The van der Waals surface area contributed by atoms with Gasteiger partial charge in [-0.2, -0.15) is 11.8 Å². The monoisotopic (exact) mass is 214 g/mol. The molecule has 2 saturated heterocycles. The molecule has 2 nitrogen and oxygen atoms in total. The highest BCUT2D eigenvalue weighted by Crippen LogP contribution is 2.27. The molecule has 0 aliphatic carbocycles. The summed E-state index contributed by atoms with van der Waals surface area (Å²) in [4.78, 5) is 2.73. The van der Waals surface area contributed by atoms with Crippen LogP contribution in [0.4, 0.5) is 0 Å². The van der Waals surface area contributed by atoms with E-state index in [0.717, 1.165) is 18.5 Å². The third kappa shape index (κ3) is 2.65. The van der Waals surface area contributed by atoms with Crippen molar-refractivity contribution in [2.75, 3.05) is 31.1 Å². The molecular formula is C11H22N2S. The molecule has 0 radical (unpaired) electrons. The maximum Gasteiger partial charge on any atom is 0.0194 e. The Morgan fingerprint density at radius 2 is 2.29 bits per heavy atom. The molecule has 2 atom stereocenters. The minimum Gasteiger partial charge on any atom is -0.330 e. The SMILES string of the molecule is NCCC1CCCN(C2CCSC2)C1. The summed E-state index contributed by atoms with van der Waals surface area (Å²) < 4.78 is 0. The van der Waals surface area contributed by atoms with Crippen molar-refractivity contribution in [1.29, 1.82) is 0 Å². The Labute approximate surface area is 91.6 Å². The zero-order valence-electron chi connectivity index (χ0n) is 8.95. The molecule has 2 fully saturated rings. The predicted octanol–water partition coefficient (Wildman–Crippen LogP) is 1.55. The number of likely N-dealkylation sites (tertiary alicyclic amines) is 1. The second-order valence-corrected chi connectivity index (χ2v) is 5.75. The third-order valence-corrected chi connectivity index (χ3v) is 4.69. The summed E-state index contributed by atoms with van der Waals surface area (Å²) in [5.41, 5.74) is 5.64. The highest BCUT2D eigenvalue weighted by atomic mass is 32.2. The van der Waals surface area contributed by atoms with Crippen LogP contribution in [0.3, 0.4) is 0 Å². The maximum atomic E-state index is 5.64. The molecular weight excluding hydrogens is 192 g/mol. The lowest BCUT2D eigenvalue weighted by molar-refractivity contribution is 0.131. The molecule has 0 amide bonds. The number of rotatable bonds is 3. The molecule has 3 heteroatoms. The predicted molar refractivity (Wildman–Crippen MR) is 63.7 cm³/mol. The fraction of sp³-hybridized carbons (Fsp3) is 1.00. The van der Waals surface area contributed by atoms with Crippen molar-refractivity contribution in [3.05, 3.63) is 0 Å². The average molecular weight is 214 g/mol. The van der Waals surface area contributed by atoms with E-state index in [1.807, 2.05) is 0 Å². The Bertz CT molecular complexity index is 167. The molecule has 2 heterocycles. The Kier molecular flexibility index (Phi) is 4.14. The van der Waals surface area contributed by atoms with Crippen LogP contribution in [0, 0.1) is 5.92 Å². The molecule has 2 N–H and O–H groups in total. The number of piperidine rings is 1. The Hall–Kier alpha value is 0.270. The largest absolute Gasteiger partial charge is 0.330 e. The first-order chi connectivity index (χ1) is 6.90. The fourth-order valence-electron chi connectivity index (χ4n) is 2.71. The summed E-state index contributed by atoms with van der Waals surface area (Å²) in [5.74, 6) is 3.64. The van der Waals surface area contributed by atoms with Gasteiger partial charge in [0.15, 0.2) is 0 Å². The van der Waals surface area contributed by atoms with Gasteiger partial charge in [0.25, 0.3) is 0 Å². The molecule has 0 aromatic carbocycles. The summed E-state index contributed by atoms with van der Waals surface area (Å²) in [6.45, 7) is 3.53. The molecule has 2 unspecified atom stereocenters. The Morgan fingerprint density at radius 3 is 3.00 bits per heavy atom. The van der Waals surface area contributed by atoms with Crippen LogP contribution in [-0.2, 0) is 0 Å². The molecule has 0 saturated carbocycles. The van der Waals surface area contributed by atoms with E-state index in [0.29, 0.717) is 0 Å². The molecule has 14 heavy (non-hydrogen) atoms. The summed E-state index contributed by atoms with van der Waals surface area (Å²) in [5, 5.41) is 0. The lowest BCUT2D eigenvalue weighted by Gasteiger charge is -2.36. The van der Waals surface area contributed by atoms with Crippen LogP contribution in [0.15, 0.2) is 0 Å². The molecule has 2 rings (SSSR count). The van der Waals surface area contributed by atoms with Gasteiger partial charge in [-0.05, 0) is 50.4 Å². The van der Waals surface area contributed by atoms with Gasteiger partial charge in [-0.15, -0.1) is 0 Å². The van der Waals surface area contributed by atoms with Gasteiger partial charge in [-0.25, -0.2) is 0 Å².